The zero-order chi connectivity index (χ0) is 15.0. The van der Waals surface area contributed by atoms with Crippen LogP contribution >= 0.6 is 11.3 Å². The molecule has 0 saturated heterocycles. The number of amides is 1. The Kier molecular flexibility index (Phi) is 3.43. The summed E-state index contributed by atoms with van der Waals surface area (Å²) in [7, 11) is 0. The van der Waals surface area contributed by atoms with Crippen LogP contribution in [-0.4, -0.2) is 10.9 Å². The van der Waals surface area contributed by atoms with Gasteiger partial charge in [0.25, 0.3) is 5.91 Å². The third-order valence-corrected chi connectivity index (χ3v) is 4.07. The van der Waals surface area contributed by atoms with Crippen LogP contribution in [0, 0.1) is 19.7 Å². The van der Waals surface area contributed by atoms with Crippen molar-refractivity contribution in [3.8, 4) is 0 Å². The number of aromatic nitrogens is 1. The van der Waals surface area contributed by atoms with Crippen LogP contribution < -0.4 is 5.32 Å². The van der Waals surface area contributed by atoms with Gasteiger partial charge < -0.3 is 0 Å². The fourth-order valence-electron chi connectivity index (χ4n) is 2.19. The van der Waals surface area contributed by atoms with Crippen molar-refractivity contribution < 1.29 is 9.18 Å². The highest BCUT2D eigenvalue weighted by molar-refractivity contribution is 7.22. The Morgan fingerprint density at radius 1 is 1.19 bits per heavy atom. The molecule has 0 aliphatic carbocycles. The predicted molar refractivity (Wildman–Crippen MR) is 83.4 cm³/mol. The zero-order valence-corrected chi connectivity index (χ0v) is 12.4. The van der Waals surface area contributed by atoms with Crippen LogP contribution in [0.25, 0.3) is 10.2 Å². The van der Waals surface area contributed by atoms with Crippen molar-refractivity contribution in [1.82, 2.24) is 4.98 Å². The lowest BCUT2D eigenvalue weighted by molar-refractivity contribution is 0.102. The zero-order valence-electron chi connectivity index (χ0n) is 11.6. The third-order valence-electron chi connectivity index (χ3n) is 3.16. The molecule has 1 amide bonds. The second kappa shape index (κ2) is 5.26. The molecular formula is C16H13FN2OS. The van der Waals surface area contributed by atoms with E-state index in [1.165, 1.54) is 41.2 Å². The molecule has 0 aliphatic rings. The molecule has 0 atom stereocenters. The molecule has 3 rings (SSSR count). The maximum absolute atomic E-state index is 12.9. The van der Waals surface area contributed by atoms with Gasteiger partial charge in [-0.2, -0.15) is 0 Å². The number of anilines is 1. The number of carbonyl (C=O) groups excluding carboxylic acids is 1. The van der Waals surface area contributed by atoms with E-state index in [1.807, 2.05) is 19.9 Å². The van der Waals surface area contributed by atoms with Crippen molar-refractivity contribution in [2.45, 2.75) is 13.8 Å². The molecule has 2 aromatic carbocycles. The quantitative estimate of drug-likeness (QED) is 0.766. The maximum atomic E-state index is 12.9. The summed E-state index contributed by atoms with van der Waals surface area (Å²) in [5.41, 5.74) is 3.56. The van der Waals surface area contributed by atoms with E-state index in [-0.39, 0.29) is 11.7 Å². The molecule has 21 heavy (non-hydrogen) atoms. The normalized spacial score (nSPS) is 10.8. The van der Waals surface area contributed by atoms with Gasteiger partial charge in [0, 0.05) is 5.56 Å². The van der Waals surface area contributed by atoms with Crippen LogP contribution in [0.2, 0.25) is 0 Å². The first kappa shape index (κ1) is 13.7. The average Bonchev–Trinajstić information content (AvgIpc) is 2.82. The standard InChI is InChI=1S/C16H13FN2OS/c1-9-7-10(2)14-13(8-9)21-16(18-14)19-15(20)11-3-5-12(17)6-4-11/h3-8H,1-2H3,(H,18,19,20). The van der Waals surface area contributed by atoms with Gasteiger partial charge in [0.15, 0.2) is 5.13 Å². The number of halogens is 1. The number of nitrogens with one attached hydrogen (secondary N) is 1. The number of benzene rings is 2. The summed E-state index contributed by atoms with van der Waals surface area (Å²) in [4.78, 5) is 16.5. The van der Waals surface area contributed by atoms with Crippen LogP contribution in [0.4, 0.5) is 9.52 Å². The summed E-state index contributed by atoms with van der Waals surface area (Å²) in [6.07, 6.45) is 0. The molecule has 0 unspecified atom stereocenters. The Hall–Kier alpha value is -2.27. The summed E-state index contributed by atoms with van der Waals surface area (Å²) < 4.78 is 13.9. The Morgan fingerprint density at radius 2 is 1.90 bits per heavy atom. The van der Waals surface area contributed by atoms with Crippen molar-refractivity contribution in [1.29, 1.82) is 0 Å². The van der Waals surface area contributed by atoms with Gasteiger partial charge in [0.1, 0.15) is 5.82 Å². The molecule has 1 N–H and O–H groups in total. The minimum Gasteiger partial charge on any atom is -0.298 e. The van der Waals surface area contributed by atoms with E-state index in [4.69, 9.17) is 0 Å². The first-order valence-electron chi connectivity index (χ1n) is 6.47. The van der Waals surface area contributed by atoms with Crippen molar-refractivity contribution in [3.63, 3.8) is 0 Å². The molecule has 1 aromatic heterocycles. The molecule has 1 heterocycles. The van der Waals surface area contributed by atoms with Crippen LogP contribution in [0.1, 0.15) is 21.5 Å². The summed E-state index contributed by atoms with van der Waals surface area (Å²) in [6.45, 7) is 4.03. The fraction of sp³-hybridized carbons (Fsp3) is 0.125. The smallest absolute Gasteiger partial charge is 0.257 e. The highest BCUT2D eigenvalue weighted by Gasteiger charge is 2.11. The van der Waals surface area contributed by atoms with Gasteiger partial charge in [-0.3, -0.25) is 10.1 Å². The summed E-state index contributed by atoms with van der Waals surface area (Å²) in [5.74, 6) is -0.652. The summed E-state index contributed by atoms with van der Waals surface area (Å²) in [6, 6.07) is 9.55. The number of hydrogen-bond donors (Lipinski definition) is 1. The van der Waals surface area contributed by atoms with E-state index >= 15 is 0 Å². The fourth-order valence-corrected chi connectivity index (χ4v) is 3.23. The van der Waals surface area contributed by atoms with Crippen LogP contribution in [0.3, 0.4) is 0 Å². The molecule has 3 nitrogen and oxygen atoms in total. The van der Waals surface area contributed by atoms with Crippen molar-refractivity contribution in [3.05, 3.63) is 58.9 Å². The lowest BCUT2D eigenvalue weighted by atomic mass is 10.1. The third kappa shape index (κ3) is 2.78. The molecule has 0 aliphatic heterocycles. The number of rotatable bonds is 2. The number of carbonyl (C=O) groups is 1. The first-order chi connectivity index (χ1) is 10.0. The number of nitrogens with zero attached hydrogens (tertiary/aromatic N) is 1. The maximum Gasteiger partial charge on any atom is 0.257 e. The minimum absolute atomic E-state index is 0.288. The minimum atomic E-state index is -0.363. The Bertz CT molecular complexity index is 824. The lowest BCUT2D eigenvalue weighted by Gasteiger charge is -2.00. The molecule has 3 aromatic rings. The molecule has 5 heteroatoms. The lowest BCUT2D eigenvalue weighted by Crippen LogP contribution is -2.11. The second-order valence-electron chi connectivity index (χ2n) is 4.91. The van der Waals surface area contributed by atoms with Crippen LogP contribution in [0.15, 0.2) is 36.4 Å². The molecule has 0 spiro atoms. The van der Waals surface area contributed by atoms with Gasteiger partial charge in [-0.15, -0.1) is 0 Å². The number of thiazole rings is 1. The largest absolute Gasteiger partial charge is 0.298 e. The SMILES string of the molecule is Cc1cc(C)c2nc(NC(=O)c3ccc(F)cc3)sc2c1. The van der Waals surface area contributed by atoms with Crippen molar-refractivity contribution in [2.24, 2.45) is 0 Å². The van der Waals surface area contributed by atoms with Gasteiger partial charge in [-0.1, -0.05) is 17.4 Å². The molecule has 106 valence electrons. The van der Waals surface area contributed by atoms with Gasteiger partial charge in [0.2, 0.25) is 0 Å². The second-order valence-corrected chi connectivity index (χ2v) is 5.94. The monoisotopic (exact) mass is 300 g/mol. The van der Waals surface area contributed by atoms with Crippen LogP contribution in [0.5, 0.6) is 0 Å². The Balaban J connectivity index is 1.89. The molecular weight excluding hydrogens is 287 g/mol. The van der Waals surface area contributed by atoms with Crippen molar-refractivity contribution >= 4 is 32.6 Å². The van der Waals surface area contributed by atoms with Gasteiger partial charge in [-0.05, 0) is 55.3 Å². The van der Waals surface area contributed by atoms with E-state index in [1.54, 1.807) is 0 Å². The highest BCUT2D eigenvalue weighted by Crippen LogP contribution is 2.29. The number of fused-ring (bicyclic) bond motifs is 1. The van der Waals surface area contributed by atoms with E-state index in [0.717, 1.165) is 15.8 Å². The van der Waals surface area contributed by atoms with E-state index in [2.05, 4.69) is 16.4 Å². The van der Waals surface area contributed by atoms with E-state index in [9.17, 15) is 9.18 Å². The average molecular weight is 300 g/mol. The van der Waals surface area contributed by atoms with Gasteiger partial charge in [0.05, 0.1) is 10.2 Å². The van der Waals surface area contributed by atoms with Gasteiger partial charge >= 0.3 is 0 Å². The summed E-state index contributed by atoms with van der Waals surface area (Å²) in [5, 5.41) is 3.31. The molecule has 0 saturated carbocycles. The van der Waals surface area contributed by atoms with Gasteiger partial charge in [-0.25, -0.2) is 9.37 Å². The molecule has 0 fully saturated rings. The molecule has 0 radical (unpaired) electrons. The highest BCUT2D eigenvalue weighted by atomic mass is 32.1. The van der Waals surface area contributed by atoms with E-state index < -0.39 is 0 Å². The Morgan fingerprint density at radius 3 is 2.62 bits per heavy atom. The topological polar surface area (TPSA) is 42.0 Å². The van der Waals surface area contributed by atoms with E-state index in [0.29, 0.717) is 10.7 Å². The Labute approximate surface area is 125 Å². The summed E-state index contributed by atoms with van der Waals surface area (Å²) >= 11 is 1.43. The number of hydrogen-bond acceptors (Lipinski definition) is 3. The first-order valence-corrected chi connectivity index (χ1v) is 7.29. The number of aryl methyl sites for hydroxylation is 2. The van der Waals surface area contributed by atoms with Crippen LogP contribution in [-0.2, 0) is 0 Å². The molecule has 0 bridgehead atoms. The van der Waals surface area contributed by atoms with Crippen molar-refractivity contribution in [2.75, 3.05) is 5.32 Å². The predicted octanol–water partition coefficient (Wildman–Crippen LogP) is 4.30.